The van der Waals surface area contributed by atoms with Gasteiger partial charge in [-0.2, -0.15) is 5.10 Å². The summed E-state index contributed by atoms with van der Waals surface area (Å²) in [7, 11) is 0. The highest BCUT2D eigenvalue weighted by atomic mass is 35.5. The Labute approximate surface area is 182 Å². The van der Waals surface area contributed by atoms with Crippen LogP contribution in [0.5, 0.6) is 0 Å². The summed E-state index contributed by atoms with van der Waals surface area (Å²) in [6, 6.07) is 12.8. The van der Waals surface area contributed by atoms with Crippen LogP contribution in [0.4, 0.5) is 11.5 Å². The molecule has 0 saturated heterocycles. The number of hydrogen-bond donors (Lipinski definition) is 3. The Kier molecular flexibility index (Phi) is 5.76. The van der Waals surface area contributed by atoms with E-state index < -0.39 is 11.8 Å². The Bertz CT molecular complexity index is 1230. The molecule has 3 heterocycles. The van der Waals surface area contributed by atoms with Crippen molar-refractivity contribution in [1.29, 1.82) is 0 Å². The van der Waals surface area contributed by atoms with E-state index in [4.69, 9.17) is 17.3 Å². The smallest absolute Gasteiger partial charge is 0.314 e. The lowest BCUT2D eigenvalue weighted by Gasteiger charge is -2.22. The molecule has 0 aliphatic heterocycles. The standard InChI is InChI=1S/C21H18ClN7O2/c22-14-6-7-15(24-8-14)12-29(11-13-4-2-1-3-5-13)21(31)20(30)27-17-10-25-19(23)16-9-26-28-18(16)17/h1-10H,11-12H2,(H2,23,25)(H,26,28)(H,27,30). The number of nitrogen functional groups attached to an aromatic ring is 1. The minimum absolute atomic E-state index is 0.137. The highest BCUT2D eigenvalue weighted by Crippen LogP contribution is 2.24. The van der Waals surface area contributed by atoms with Crippen molar-refractivity contribution in [3.8, 4) is 0 Å². The Morgan fingerprint density at radius 3 is 2.58 bits per heavy atom. The Hall–Kier alpha value is -3.98. The zero-order valence-corrected chi connectivity index (χ0v) is 17.0. The minimum Gasteiger partial charge on any atom is -0.383 e. The van der Waals surface area contributed by atoms with Crippen molar-refractivity contribution in [1.82, 2.24) is 25.1 Å². The molecule has 0 bridgehead atoms. The molecule has 0 unspecified atom stereocenters. The third-order valence-electron chi connectivity index (χ3n) is 4.60. The van der Waals surface area contributed by atoms with Crippen LogP contribution in [0.1, 0.15) is 11.3 Å². The fourth-order valence-corrected chi connectivity index (χ4v) is 3.18. The lowest BCUT2D eigenvalue weighted by atomic mass is 10.2. The summed E-state index contributed by atoms with van der Waals surface area (Å²) in [5, 5.41) is 10.3. The zero-order chi connectivity index (χ0) is 21.8. The maximum atomic E-state index is 13.1. The number of rotatable bonds is 5. The van der Waals surface area contributed by atoms with Crippen LogP contribution in [-0.2, 0) is 22.7 Å². The molecule has 3 aromatic heterocycles. The summed E-state index contributed by atoms with van der Waals surface area (Å²) >= 11 is 5.90. The summed E-state index contributed by atoms with van der Waals surface area (Å²) in [6.07, 6.45) is 4.38. The second-order valence-electron chi connectivity index (χ2n) is 6.78. The number of halogens is 1. The Balaban J connectivity index is 1.57. The number of nitrogens with one attached hydrogen (secondary N) is 2. The van der Waals surface area contributed by atoms with Gasteiger partial charge in [-0.25, -0.2) is 4.98 Å². The van der Waals surface area contributed by atoms with Gasteiger partial charge in [0.25, 0.3) is 0 Å². The second kappa shape index (κ2) is 8.80. The predicted octanol–water partition coefficient (Wildman–Crippen LogP) is 2.76. The summed E-state index contributed by atoms with van der Waals surface area (Å²) in [6.45, 7) is 0.370. The number of pyridine rings is 2. The van der Waals surface area contributed by atoms with Crippen molar-refractivity contribution in [2.45, 2.75) is 13.1 Å². The van der Waals surface area contributed by atoms with Crippen molar-refractivity contribution in [2.75, 3.05) is 11.1 Å². The molecule has 0 atom stereocenters. The van der Waals surface area contributed by atoms with Gasteiger partial charge in [0, 0.05) is 12.7 Å². The fraction of sp³-hybridized carbons (Fsp3) is 0.0952. The Morgan fingerprint density at radius 1 is 1.03 bits per heavy atom. The average molecular weight is 436 g/mol. The first kappa shape index (κ1) is 20.3. The highest BCUT2D eigenvalue weighted by molar-refractivity contribution is 6.40. The first-order valence-corrected chi connectivity index (χ1v) is 9.71. The molecule has 4 aromatic rings. The minimum atomic E-state index is -0.813. The molecular formula is C21H18ClN7O2. The van der Waals surface area contributed by atoms with Gasteiger partial charge in [0.1, 0.15) is 5.82 Å². The van der Waals surface area contributed by atoms with Gasteiger partial charge in [-0.3, -0.25) is 19.7 Å². The van der Waals surface area contributed by atoms with Crippen molar-refractivity contribution in [3.63, 3.8) is 0 Å². The normalized spacial score (nSPS) is 10.7. The summed E-state index contributed by atoms with van der Waals surface area (Å²) < 4.78 is 0. The van der Waals surface area contributed by atoms with Gasteiger partial charge in [0.05, 0.1) is 46.2 Å². The lowest BCUT2D eigenvalue weighted by molar-refractivity contribution is -0.144. The quantitative estimate of drug-likeness (QED) is 0.413. The number of amides is 2. The molecule has 0 aliphatic rings. The molecule has 4 N–H and O–H groups in total. The van der Waals surface area contributed by atoms with E-state index in [0.717, 1.165) is 5.56 Å². The predicted molar refractivity (Wildman–Crippen MR) is 117 cm³/mol. The molecule has 1 aromatic carbocycles. The van der Waals surface area contributed by atoms with Gasteiger partial charge in [-0.1, -0.05) is 41.9 Å². The van der Waals surface area contributed by atoms with E-state index in [1.165, 1.54) is 23.5 Å². The first-order chi connectivity index (χ1) is 15.0. The third-order valence-corrected chi connectivity index (χ3v) is 4.83. The number of hydrogen-bond acceptors (Lipinski definition) is 6. The van der Waals surface area contributed by atoms with Crippen LogP contribution in [0.2, 0.25) is 5.02 Å². The molecule has 10 heteroatoms. The monoisotopic (exact) mass is 435 g/mol. The number of carbonyl (C=O) groups excluding carboxylic acids is 2. The number of nitrogens with zero attached hydrogens (tertiary/aromatic N) is 4. The zero-order valence-electron chi connectivity index (χ0n) is 16.2. The van der Waals surface area contributed by atoms with Crippen LogP contribution in [0.3, 0.4) is 0 Å². The summed E-state index contributed by atoms with van der Waals surface area (Å²) in [5.74, 6) is -1.26. The second-order valence-corrected chi connectivity index (χ2v) is 7.22. The molecule has 2 amide bonds. The van der Waals surface area contributed by atoms with Crippen LogP contribution in [0.15, 0.2) is 61.1 Å². The van der Waals surface area contributed by atoms with Crippen LogP contribution in [0.25, 0.3) is 10.9 Å². The number of aromatic nitrogens is 4. The van der Waals surface area contributed by atoms with Crippen LogP contribution >= 0.6 is 11.6 Å². The molecule has 156 valence electrons. The molecule has 0 saturated carbocycles. The summed E-state index contributed by atoms with van der Waals surface area (Å²) in [5.41, 5.74) is 8.09. The number of fused-ring (bicyclic) bond motifs is 1. The van der Waals surface area contributed by atoms with Gasteiger partial charge in [0.15, 0.2) is 0 Å². The number of carbonyl (C=O) groups is 2. The number of anilines is 2. The molecule has 0 fully saturated rings. The number of nitrogens with two attached hydrogens (primary N) is 1. The van der Waals surface area contributed by atoms with Crippen molar-refractivity contribution < 1.29 is 9.59 Å². The van der Waals surface area contributed by atoms with E-state index in [0.29, 0.717) is 27.3 Å². The number of aromatic amines is 1. The van der Waals surface area contributed by atoms with Gasteiger partial charge >= 0.3 is 11.8 Å². The van der Waals surface area contributed by atoms with Gasteiger partial charge in [-0.15, -0.1) is 0 Å². The lowest BCUT2D eigenvalue weighted by Crippen LogP contribution is -2.39. The summed E-state index contributed by atoms with van der Waals surface area (Å²) in [4.78, 5) is 35.5. The molecule has 31 heavy (non-hydrogen) atoms. The number of H-pyrrole nitrogens is 1. The van der Waals surface area contributed by atoms with Crippen molar-refractivity contribution in [3.05, 3.63) is 77.3 Å². The van der Waals surface area contributed by atoms with E-state index in [1.54, 1.807) is 12.1 Å². The highest BCUT2D eigenvalue weighted by Gasteiger charge is 2.24. The molecule has 4 rings (SSSR count). The molecule has 0 radical (unpaired) electrons. The van der Waals surface area contributed by atoms with Crippen LogP contribution in [-0.4, -0.2) is 36.9 Å². The molecular weight excluding hydrogens is 418 g/mol. The molecule has 0 aliphatic carbocycles. The van der Waals surface area contributed by atoms with E-state index in [-0.39, 0.29) is 18.9 Å². The maximum Gasteiger partial charge on any atom is 0.314 e. The van der Waals surface area contributed by atoms with Gasteiger partial charge in [0.2, 0.25) is 0 Å². The molecule has 9 nitrogen and oxygen atoms in total. The van der Waals surface area contributed by atoms with Crippen LogP contribution in [0, 0.1) is 0 Å². The van der Waals surface area contributed by atoms with E-state index in [1.807, 2.05) is 30.3 Å². The number of benzene rings is 1. The van der Waals surface area contributed by atoms with E-state index in [2.05, 4.69) is 25.5 Å². The largest absolute Gasteiger partial charge is 0.383 e. The molecule has 0 spiro atoms. The SMILES string of the molecule is Nc1ncc(NC(=O)C(=O)N(Cc2ccccc2)Cc2ccc(Cl)cn2)c2[nH]ncc12. The van der Waals surface area contributed by atoms with Crippen molar-refractivity contribution >= 4 is 45.8 Å². The van der Waals surface area contributed by atoms with Gasteiger partial charge in [-0.05, 0) is 17.7 Å². The van der Waals surface area contributed by atoms with E-state index >= 15 is 0 Å². The van der Waals surface area contributed by atoms with Gasteiger partial charge < -0.3 is 16.0 Å². The first-order valence-electron chi connectivity index (χ1n) is 9.33. The Morgan fingerprint density at radius 2 is 1.84 bits per heavy atom. The maximum absolute atomic E-state index is 13.1. The topological polar surface area (TPSA) is 130 Å². The van der Waals surface area contributed by atoms with E-state index in [9.17, 15) is 9.59 Å². The fourth-order valence-electron chi connectivity index (χ4n) is 3.07. The average Bonchev–Trinajstić information content (AvgIpc) is 3.28. The van der Waals surface area contributed by atoms with Crippen LogP contribution < -0.4 is 11.1 Å². The van der Waals surface area contributed by atoms with Crippen molar-refractivity contribution in [2.24, 2.45) is 0 Å². The third kappa shape index (κ3) is 4.62.